The third-order valence-electron chi connectivity index (χ3n) is 2.52. The van der Waals surface area contributed by atoms with Crippen molar-refractivity contribution in [1.82, 2.24) is 4.98 Å². The summed E-state index contributed by atoms with van der Waals surface area (Å²) < 4.78 is 28.1. The lowest BCUT2D eigenvalue weighted by Gasteiger charge is -2.07. The van der Waals surface area contributed by atoms with Crippen molar-refractivity contribution in [1.29, 1.82) is 0 Å². The van der Waals surface area contributed by atoms with Gasteiger partial charge in [0.05, 0.1) is 22.2 Å². The van der Waals surface area contributed by atoms with Crippen molar-refractivity contribution in [2.24, 2.45) is 0 Å². The van der Waals surface area contributed by atoms with E-state index in [2.05, 4.69) is 4.98 Å². The smallest absolute Gasteiger partial charge is 0.219 e. The summed E-state index contributed by atoms with van der Waals surface area (Å²) in [4.78, 5) is 4.25. The van der Waals surface area contributed by atoms with Crippen LogP contribution >= 0.6 is 11.6 Å². The molecule has 0 aliphatic carbocycles. The van der Waals surface area contributed by atoms with Gasteiger partial charge in [-0.15, -0.1) is 0 Å². The number of aliphatic hydroxyl groups excluding tert-OH is 1. The van der Waals surface area contributed by atoms with E-state index in [1.807, 2.05) is 0 Å². The Morgan fingerprint density at radius 2 is 1.85 bits per heavy atom. The number of nitrogens with zero attached hydrogens (tertiary/aromatic N) is 1. The summed E-state index contributed by atoms with van der Waals surface area (Å²) in [7, 11) is -3.23. The highest BCUT2D eigenvalue weighted by atomic mass is 35.5. The molecule has 0 spiro atoms. The second kappa shape index (κ2) is 5.78. The first-order chi connectivity index (χ1) is 9.40. The number of halogens is 1. The van der Waals surface area contributed by atoms with Crippen LogP contribution in [-0.2, 0) is 16.4 Å². The zero-order chi connectivity index (χ0) is 14.8. The van der Waals surface area contributed by atoms with Crippen molar-refractivity contribution in [2.45, 2.75) is 11.5 Å². The number of hydrogen-bond donors (Lipinski definition) is 1. The Kier molecular flexibility index (Phi) is 4.27. The highest BCUT2D eigenvalue weighted by Gasteiger charge is 2.08. The standard InChI is InChI=1S/C13H12ClNO4S/c1-20(17,18)10-4-2-9(3-5-10)19-13-7-6-11(14)12(8-16)15-13/h2-7,16H,8H2,1H3. The number of ether oxygens (including phenoxy) is 1. The number of aromatic nitrogens is 1. The van der Waals surface area contributed by atoms with Gasteiger partial charge in [0.15, 0.2) is 9.84 Å². The molecular formula is C13H12ClNO4S. The molecule has 1 N–H and O–H groups in total. The van der Waals surface area contributed by atoms with Crippen molar-refractivity contribution in [2.75, 3.05) is 6.26 Å². The zero-order valence-corrected chi connectivity index (χ0v) is 12.1. The maximum Gasteiger partial charge on any atom is 0.219 e. The van der Waals surface area contributed by atoms with Gasteiger partial charge in [0, 0.05) is 12.3 Å². The number of sulfone groups is 1. The van der Waals surface area contributed by atoms with Gasteiger partial charge in [0.2, 0.25) is 5.88 Å². The lowest BCUT2D eigenvalue weighted by molar-refractivity contribution is 0.275. The molecule has 0 fully saturated rings. The molecule has 0 unspecified atom stereocenters. The zero-order valence-electron chi connectivity index (χ0n) is 10.6. The Labute approximate surface area is 121 Å². The molecule has 0 aliphatic heterocycles. The van der Waals surface area contributed by atoms with Crippen LogP contribution in [0.2, 0.25) is 5.02 Å². The summed E-state index contributed by atoms with van der Waals surface area (Å²) in [5.74, 6) is 0.710. The van der Waals surface area contributed by atoms with Crippen LogP contribution in [0.25, 0.3) is 0 Å². The molecule has 0 saturated heterocycles. The van der Waals surface area contributed by atoms with Crippen LogP contribution in [-0.4, -0.2) is 24.8 Å². The van der Waals surface area contributed by atoms with Gasteiger partial charge in [-0.05, 0) is 30.3 Å². The molecule has 0 bridgehead atoms. The number of aliphatic hydroxyl groups is 1. The molecule has 1 aromatic heterocycles. The van der Waals surface area contributed by atoms with Gasteiger partial charge in [-0.25, -0.2) is 13.4 Å². The predicted octanol–water partition coefficient (Wildman–Crippen LogP) is 2.42. The monoisotopic (exact) mass is 313 g/mol. The van der Waals surface area contributed by atoms with E-state index in [4.69, 9.17) is 21.4 Å². The van der Waals surface area contributed by atoms with Crippen LogP contribution in [0.1, 0.15) is 5.69 Å². The van der Waals surface area contributed by atoms with Crippen LogP contribution < -0.4 is 4.74 Å². The van der Waals surface area contributed by atoms with E-state index in [9.17, 15) is 8.42 Å². The molecule has 0 atom stereocenters. The van der Waals surface area contributed by atoms with Gasteiger partial charge in [-0.2, -0.15) is 0 Å². The van der Waals surface area contributed by atoms with E-state index in [1.165, 1.54) is 24.3 Å². The van der Waals surface area contributed by atoms with E-state index in [1.54, 1.807) is 12.1 Å². The number of hydrogen-bond acceptors (Lipinski definition) is 5. The highest BCUT2D eigenvalue weighted by Crippen LogP contribution is 2.24. The predicted molar refractivity (Wildman–Crippen MR) is 74.8 cm³/mol. The highest BCUT2D eigenvalue weighted by molar-refractivity contribution is 7.90. The second-order valence-electron chi connectivity index (χ2n) is 4.08. The first-order valence-corrected chi connectivity index (χ1v) is 7.91. The molecule has 0 aliphatic rings. The maximum absolute atomic E-state index is 11.3. The number of benzene rings is 1. The molecule has 106 valence electrons. The average Bonchev–Trinajstić information content (AvgIpc) is 2.40. The maximum atomic E-state index is 11.3. The van der Waals surface area contributed by atoms with Gasteiger partial charge < -0.3 is 9.84 Å². The average molecular weight is 314 g/mol. The molecule has 2 aromatic rings. The van der Waals surface area contributed by atoms with Crippen LogP contribution in [0.3, 0.4) is 0 Å². The minimum absolute atomic E-state index is 0.213. The normalized spacial score (nSPS) is 11.3. The Morgan fingerprint density at radius 3 is 2.40 bits per heavy atom. The molecule has 0 amide bonds. The molecule has 1 heterocycles. The van der Waals surface area contributed by atoms with Gasteiger partial charge in [-0.1, -0.05) is 11.6 Å². The lowest BCUT2D eigenvalue weighted by Crippen LogP contribution is -1.97. The molecule has 1 aromatic carbocycles. The van der Waals surface area contributed by atoms with Crippen molar-refractivity contribution in [3.63, 3.8) is 0 Å². The largest absolute Gasteiger partial charge is 0.439 e. The fourth-order valence-corrected chi connectivity index (χ4v) is 2.30. The minimum Gasteiger partial charge on any atom is -0.439 e. The van der Waals surface area contributed by atoms with E-state index in [0.29, 0.717) is 16.5 Å². The van der Waals surface area contributed by atoms with Gasteiger partial charge >= 0.3 is 0 Å². The fourth-order valence-electron chi connectivity index (χ4n) is 1.51. The van der Waals surface area contributed by atoms with Crippen molar-refractivity contribution >= 4 is 21.4 Å². The summed E-state index contributed by atoms with van der Waals surface area (Å²) in [6.45, 7) is -0.289. The summed E-state index contributed by atoms with van der Waals surface area (Å²) >= 11 is 5.83. The lowest BCUT2D eigenvalue weighted by atomic mass is 10.3. The molecule has 2 rings (SSSR count). The quantitative estimate of drug-likeness (QED) is 0.938. The first kappa shape index (κ1) is 14.8. The van der Waals surface area contributed by atoms with Crippen molar-refractivity contribution < 1.29 is 18.3 Å². The Bertz CT molecular complexity index is 714. The van der Waals surface area contributed by atoms with Crippen LogP contribution in [0.15, 0.2) is 41.3 Å². The third kappa shape index (κ3) is 3.47. The van der Waals surface area contributed by atoms with Crippen molar-refractivity contribution in [3.05, 3.63) is 47.1 Å². The van der Waals surface area contributed by atoms with Crippen LogP contribution in [0, 0.1) is 0 Å². The summed E-state index contributed by atoms with van der Waals surface area (Å²) in [6.07, 6.45) is 1.14. The van der Waals surface area contributed by atoms with E-state index >= 15 is 0 Å². The Balaban J connectivity index is 2.22. The molecule has 0 radical (unpaired) electrons. The molecule has 0 saturated carbocycles. The Hall–Kier alpha value is -1.63. The summed E-state index contributed by atoms with van der Waals surface area (Å²) in [6, 6.07) is 9.10. The number of rotatable bonds is 4. The van der Waals surface area contributed by atoms with Crippen molar-refractivity contribution in [3.8, 4) is 11.6 Å². The van der Waals surface area contributed by atoms with E-state index < -0.39 is 9.84 Å². The van der Waals surface area contributed by atoms with Gasteiger partial charge in [0.1, 0.15) is 5.75 Å². The first-order valence-electron chi connectivity index (χ1n) is 5.64. The van der Waals surface area contributed by atoms with E-state index in [0.717, 1.165) is 6.26 Å². The topological polar surface area (TPSA) is 76.5 Å². The summed E-state index contributed by atoms with van der Waals surface area (Å²) in [5.41, 5.74) is 0.317. The molecular weight excluding hydrogens is 302 g/mol. The summed E-state index contributed by atoms with van der Waals surface area (Å²) in [5, 5.41) is 9.42. The second-order valence-corrected chi connectivity index (χ2v) is 6.50. The fraction of sp³-hybridized carbons (Fsp3) is 0.154. The van der Waals surface area contributed by atoms with Gasteiger partial charge in [0.25, 0.3) is 0 Å². The minimum atomic E-state index is -3.23. The van der Waals surface area contributed by atoms with Crippen LogP contribution in [0.4, 0.5) is 0 Å². The molecule has 20 heavy (non-hydrogen) atoms. The van der Waals surface area contributed by atoms with Crippen LogP contribution in [0.5, 0.6) is 11.6 Å². The van der Waals surface area contributed by atoms with Gasteiger partial charge in [-0.3, -0.25) is 0 Å². The third-order valence-corrected chi connectivity index (χ3v) is 3.99. The van der Waals surface area contributed by atoms with E-state index in [-0.39, 0.29) is 17.4 Å². The SMILES string of the molecule is CS(=O)(=O)c1ccc(Oc2ccc(Cl)c(CO)n2)cc1. The molecule has 5 nitrogen and oxygen atoms in total. The Morgan fingerprint density at radius 1 is 1.20 bits per heavy atom. The number of pyridine rings is 1. The molecule has 7 heteroatoms.